The predicted molar refractivity (Wildman–Crippen MR) is 63.0 cm³/mol. The van der Waals surface area contributed by atoms with Crippen LogP contribution < -0.4 is 5.73 Å². The monoisotopic (exact) mass is 216 g/mol. The fourth-order valence-corrected chi connectivity index (χ4v) is 1.59. The maximum absolute atomic E-state index is 5.63. The molecular weight excluding hydrogens is 200 g/mol. The number of benzene rings is 1. The van der Waals surface area contributed by atoms with Crippen molar-refractivity contribution in [2.75, 3.05) is 6.54 Å². The smallest absolute Gasteiger partial charge is 0.137 e. The molecule has 0 radical (unpaired) electrons. The van der Waals surface area contributed by atoms with Crippen molar-refractivity contribution in [2.24, 2.45) is 5.73 Å². The van der Waals surface area contributed by atoms with Crippen molar-refractivity contribution < 1.29 is 0 Å². The lowest BCUT2D eigenvalue weighted by molar-refractivity contribution is 0.684. The third-order valence-corrected chi connectivity index (χ3v) is 2.71. The fourth-order valence-electron chi connectivity index (χ4n) is 1.59. The maximum Gasteiger partial charge on any atom is 0.137 e. The van der Waals surface area contributed by atoms with Crippen molar-refractivity contribution in [1.29, 1.82) is 0 Å². The molecule has 1 atom stereocenters. The summed E-state index contributed by atoms with van der Waals surface area (Å²) in [5.74, 6) is 0.417. The molecule has 0 bridgehead atoms. The van der Waals surface area contributed by atoms with Crippen LogP contribution in [0.3, 0.4) is 0 Å². The van der Waals surface area contributed by atoms with Crippen molar-refractivity contribution in [1.82, 2.24) is 14.8 Å². The van der Waals surface area contributed by atoms with Crippen molar-refractivity contribution in [3.05, 3.63) is 48.0 Å². The molecule has 0 aliphatic carbocycles. The number of hydrogen-bond donors (Lipinski definition) is 1. The molecule has 0 saturated heterocycles. The van der Waals surface area contributed by atoms with E-state index in [4.69, 9.17) is 5.73 Å². The Morgan fingerprint density at radius 1 is 1.31 bits per heavy atom. The summed E-state index contributed by atoms with van der Waals surface area (Å²) in [6.07, 6.45) is 3.27. The van der Waals surface area contributed by atoms with Gasteiger partial charge in [-0.25, -0.2) is 9.67 Å². The zero-order valence-corrected chi connectivity index (χ0v) is 9.37. The van der Waals surface area contributed by atoms with Gasteiger partial charge in [0.25, 0.3) is 0 Å². The number of hydrogen-bond acceptors (Lipinski definition) is 3. The molecule has 2 rings (SSSR count). The van der Waals surface area contributed by atoms with Gasteiger partial charge in [-0.15, -0.1) is 0 Å². The van der Waals surface area contributed by atoms with E-state index in [1.807, 2.05) is 0 Å². The Morgan fingerprint density at radius 2 is 2.06 bits per heavy atom. The molecule has 1 aromatic heterocycles. The normalized spacial score (nSPS) is 12.6. The highest BCUT2D eigenvalue weighted by atomic mass is 15.3. The summed E-state index contributed by atoms with van der Waals surface area (Å²) in [6.45, 7) is 3.58. The summed E-state index contributed by atoms with van der Waals surface area (Å²) >= 11 is 0. The van der Waals surface area contributed by atoms with Crippen LogP contribution in [0.15, 0.2) is 36.9 Å². The van der Waals surface area contributed by atoms with E-state index in [1.54, 1.807) is 17.3 Å². The van der Waals surface area contributed by atoms with Crippen LogP contribution in [0.1, 0.15) is 24.0 Å². The van der Waals surface area contributed by atoms with Crippen molar-refractivity contribution in [2.45, 2.75) is 19.4 Å². The number of rotatable bonds is 4. The summed E-state index contributed by atoms with van der Waals surface area (Å²) < 4.78 is 1.81. The van der Waals surface area contributed by atoms with Gasteiger partial charge in [0.15, 0.2) is 0 Å². The van der Waals surface area contributed by atoms with Crippen LogP contribution in [0.2, 0.25) is 0 Å². The maximum atomic E-state index is 5.63. The fraction of sp³-hybridized carbons (Fsp3) is 0.333. The molecule has 1 heterocycles. The van der Waals surface area contributed by atoms with Gasteiger partial charge < -0.3 is 5.73 Å². The molecule has 0 aliphatic rings. The lowest BCUT2D eigenvalue weighted by atomic mass is 10.0. The second kappa shape index (κ2) is 4.90. The van der Waals surface area contributed by atoms with Gasteiger partial charge >= 0.3 is 0 Å². The molecule has 1 aromatic carbocycles. The standard InChI is InChI=1S/C12H16N4/c1-10(6-13)12-4-2-11(3-5-12)7-16-9-14-8-15-16/h2-5,8-10H,6-7,13H2,1H3. The Labute approximate surface area is 95.1 Å². The first kappa shape index (κ1) is 10.8. The van der Waals surface area contributed by atoms with Gasteiger partial charge in [0.1, 0.15) is 12.7 Å². The molecule has 16 heavy (non-hydrogen) atoms. The lowest BCUT2D eigenvalue weighted by Crippen LogP contribution is -2.09. The predicted octanol–water partition coefficient (Wildman–Crippen LogP) is 1.39. The van der Waals surface area contributed by atoms with E-state index in [1.165, 1.54) is 11.1 Å². The SMILES string of the molecule is CC(CN)c1ccc(Cn2cncn2)cc1. The van der Waals surface area contributed by atoms with E-state index in [9.17, 15) is 0 Å². The number of nitrogens with zero attached hydrogens (tertiary/aromatic N) is 3. The molecule has 84 valence electrons. The lowest BCUT2D eigenvalue weighted by Gasteiger charge is -2.09. The van der Waals surface area contributed by atoms with E-state index in [2.05, 4.69) is 41.3 Å². The third-order valence-electron chi connectivity index (χ3n) is 2.71. The summed E-state index contributed by atoms with van der Waals surface area (Å²) in [5.41, 5.74) is 8.13. The van der Waals surface area contributed by atoms with Crippen LogP contribution in [0.5, 0.6) is 0 Å². The first-order chi connectivity index (χ1) is 7.79. The average Bonchev–Trinajstić information content (AvgIpc) is 2.82. The van der Waals surface area contributed by atoms with Gasteiger partial charge in [-0.1, -0.05) is 31.2 Å². The van der Waals surface area contributed by atoms with E-state index >= 15 is 0 Å². The van der Waals surface area contributed by atoms with Crippen molar-refractivity contribution in [3.63, 3.8) is 0 Å². The van der Waals surface area contributed by atoms with E-state index in [0.29, 0.717) is 12.5 Å². The summed E-state index contributed by atoms with van der Waals surface area (Å²) in [4.78, 5) is 3.91. The zero-order valence-electron chi connectivity index (χ0n) is 9.37. The molecule has 0 amide bonds. The Balaban J connectivity index is 2.07. The summed E-state index contributed by atoms with van der Waals surface area (Å²) in [5, 5.41) is 4.07. The molecule has 0 spiro atoms. The minimum atomic E-state index is 0.417. The van der Waals surface area contributed by atoms with Gasteiger partial charge in [0, 0.05) is 0 Å². The molecule has 0 aliphatic heterocycles. The topological polar surface area (TPSA) is 56.7 Å². The minimum Gasteiger partial charge on any atom is -0.330 e. The molecule has 2 N–H and O–H groups in total. The minimum absolute atomic E-state index is 0.417. The zero-order chi connectivity index (χ0) is 11.4. The molecule has 2 aromatic rings. The second-order valence-corrected chi connectivity index (χ2v) is 3.97. The van der Waals surface area contributed by atoms with Crippen LogP contribution in [0.25, 0.3) is 0 Å². The van der Waals surface area contributed by atoms with E-state index in [0.717, 1.165) is 6.54 Å². The quantitative estimate of drug-likeness (QED) is 0.840. The Morgan fingerprint density at radius 3 is 2.62 bits per heavy atom. The molecule has 4 nitrogen and oxygen atoms in total. The van der Waals surface area contributed by atoms with Crippen LogP contribution in [-0.2, 0) is 6.54 Å². The van der Waals surface area contributed by atoms with Gasteiger partial charge in [-0.05, 0) is 23.6 Å². The first-order valence-corrected chi connectivity index (χ1v) is 5.41. The third kappa shape index (κ3) is 2.46. The molecular formula is C12H16N4. The Bertz CT molecular complexity index is 419. The highest BCUT2D eigenvalue weighted by Crippen LogP contribution is 2.14. The van der Waals surface area contributed by atoms with E-state index in [-0.39, 0.29) is 0 Å². The van der Waals surface area contributed by atoms with E-state index < -0.39 is 0 Å². The van der Waals surface area contributed by atoms with Gasteiger partial charge in [0.2, 0.25) is 0 Å². The molecule has 1 unspecified atom stereocenters. The number of aromatic nitrogens is 3. The van der Waals surface area contributed by atoms with Crippen LogP contribution in [0, 0.1) is 0 Å². The van der Waals surface area contributed by atoms with Gasteiger partial charge in [-0.3, -0.25) is 0 Å². The van der Waals surface area contributed by atoms with Gasteiger partial charge in [0.05, 0.1) is 6.54 Å². The molecule has 0 saturated carbocycles. The van der Waals surface area contributed by atoms with Crippen LogP contribution >= 0.6 is 0 Å². The molecule has 4 heteroatoms. The largest absolute Gasteiger partial charge is 0.330 e. The molecule has 0 fully saturated rings. The van der Waals surface area contributed by atoms with Crippen molar-refractivity contribution in [3.8, 4) is 0 Å². The second-order valence-electron chi connectivity index (χ2n) is 3.97. The first-order valence-electron chi connectivity index (χ1n) is 5.41. The summed E-state index contributed by atoms with van der Waals surface area (Å²) in [6, 6.07) is 8.49. The van der Waals surface area contributed by atoms with Crippen LogP contribution in [-0.4, -0.2) is 21.3 Å². The Hall–Kier alpha value is -1.68. The summed E-state index contributed by atoms with van der Waals surface area (Å²) in [7, 11) is 0. The van der Waals surface area contributed by atoms with Crippen molar-refractivity contribution >= 4 is 0 Å². The average molecular weight is 216 g/mol. The van der Waals surface area contributed by atoms with Gasteiger partial charge in [-0.2, -0.15) is 5.10 Å². The Kier molecular flexibility index (Phi) is 3.31. The highest BCUT2D eigenvalue weighted by Gasteiger charge is 2.02. The highest BCUT2D eigenvalue weighted by molar-refractivity contribution is 5.25. The number of nitrogens with two attached hydrogens (primary N) is 1. The van der Waals surface area contributed by atoms with Crippen LogP contribution in [0.4, 0.5) is 0 Å².